The Morgan fingerprint density at radius 3 is 3.15 bits per heavy atom. The lowest BCUT2D eigenvalue weighted by Gasteiger charge is -2.09. The van der Waals surface area contributed by atoms with Crippen LogP contribution in [-0.4, -0.2) is 34.1 Å². The minimum Gasteiger partial charge on any atom is -0.381 e. The van der Waals surface area contributed by atoms with E-state index in [2.05, 4.69) is 20.7 Å². The summed E-state index contributed by atoms with van der Waals surface area (Å²) >= 11 is 0. The van der Waals surface area contributed by atoms with Crippen LogP contribution in [0.3, 0.4) is 0 Å². The smallest absolute Gasteiger partial charge is 0.180 e. The number of nitrogen functional groups attached to an aromatic ring is 1. The molecule has 1 saturated carbocycles. The second-order valence-corrected chi connectivity index (χ2v) is 5.08. The van der Waals surface area contributed by atoms with Gasteiger partial charge in [-0.05, 0) is 25.2 Å². The van der Waals surface area contributed by atoms with Gasteiger partial charge >= 0.3 is 0 Å². The molecular weight excluding hydrogens is 256 g/mol. The average Bonchev–Trinajstić information content (AvgIpc) is 3.17. The van der Waals surface area contributed by atoms with Crippen molar-refractivity contribution in [1.82, 2.24) is 14.4 Å². The van der Waals surface area contributed by atoms with Gasteiger partial charge in [-0.25, -0.2) is 15.8 Å². The van der Waals surface area contributed by atoms with Gasteiger partial charge < -0.3 is 19.9 Å². The predicted octanol–water partition coefficient (Wildman–Crippen LogP) is 1.24. The van der Waals surface area contributed by atoms with E-state index in [1.54, 1.807) is 12.4 Å². The van der Waals surface area contributed by atoms with Crippen LogP contribution in [0.2, 0.25) is 0 Å². The molecule has 2 heterocycles. The van der Waals surface area contributed by atoms with Gasteiger partial charge in [0.05, 0.1) is 6.20 Å². The monoisotopic (exact) mass is 276 g/mol. The number of hydrazine groups is 1. The van der Waals surface area contributed by atoms with E-state index in [1.807, 2.05) is 10.6 Å². The third-order valence-electron chi connectivity index (χ3n) is 3.33. The Balaban J connectivity index is 1.51. The molecule has 1 aliphatic carbocycles. The molecule has 0 unspecified atom stereocenters. The normalized spacial score (nSPS) is 14.7. The minimum absolute atomic E-state index is 0.600. The highest BCUT2D eigenvalue weighted by Crippen LogP contribution is 2.28. The van der Waals surface area contributed by atoms with Crippen LogP contribution >= 0.6 is 0 Å². The van der Waals surface area contributed by atoms with Gasteiger partial charge in [0.2, 0.25) is 0 Å². The van der Waals surface area contributed by atoms with E-state index in [0.717, 1.165) is 43.6 Å². The highest BCUT2D eigenvalue weighted by molar-refractivity contribution is 5.65. The van der Waals surface area contributed by atoms with Gasteiger partial charge in [-0.15, -0.1) is 0 Å². The number of aromatic nitrogens is 3. The molecule has 0 amide bonds. The first-order chi connectivity index (χ1) is 9.86. The van der Waals surface area contributed by atoms with Gasteiger partial charge in [-0.2, -0.15) is 0 Å². The van der Waals surface area contributed by atoms with Crippen LogP contribution in [0.1, 0.15) is 19.3 Å². The zero-order valence-corrected chi connectivity index (χ0v) is 11.4. The van der Waals surface area contributed by atoms with Crippen molar-refractivity contribution in [2.45, 2.75) is 19.3 Å². The zero-order chi connectivity index (χ0) is 13.8. The summed E-state index contributed by atoms with van der Waals surface area (Å²) in [5, 5.41) is 3.28. The van der Waals surface area contributed by atoms with E-state index in [0.29, 0.717) is 5.82 Å². The summed E-state index contributed by atoms with van der Waals surface area (Å²) in [6.07, 6.45) is 9.01. The lowest BCUT2D eigenvalue weighted by Crippen LogP contribution is -2.13. The van der Waals surface area contributed by atoms with Crippen molar-refractivity contribution in [3.8, 4) is 0 Å². The van der Waals surface area contributed by atoms with Crippen molar-refractivity contribution in [2.75, 3.05) is 30.5 Å². The Labute approximate surface area is 117 Å². The Bertz CT molecular complexity index is 565. The average molecular weight is 276 g/mol. The number of imidazole rings is 1. The molecule has 0 saturated heterocycles. The number of nitrogens with two attached hydrogens (primary N) is 1. The van der Waals surface area contributed by atoms with E-state index < -0.39 is 0 Å². The van der Waals surface area contributed by atoms with Crippen molar-refractivity contribution in [3.05, 3.63) is 18.6 Å². The van der Waals surface area contributed by atoms with Gasteiger partial charge in [-0.1, -0.05) is 0 Å². The number of rotatable bonds is 8. The molecule has 0 aromatic carbocycles. The summed E-state index contributed by atoms with van der Waals surface area (Å²) in [4.78, 5) is 8.65. The van der Waals surface area contributed by atoms with Crippen molar-refractivity contribution in [3.63, 3.8) is 0 Å². The van der Waals surface area contributed by atoms with E-state index >= 15 is 0 Å². The quantitative estimate of drug-likeness (QED) is 0.382. The molecule has 0 aliphatic heterocycles. The number of nitrogens with zero attached hydrogens (tertiary/aromatic N) is 3. The van der Waals surface area contributed by atoms with Gasteiger partial charge in [0.15, 0.2) is 17.3 Å². The molecule has 0 spiro atoms. The highest BCUT2D eigenvalue weighted by atomic mass is 16.5. The maximum atomic E-state index is 5.60. The summed E-state index contributed by atoms with van der Waals surface area (Å²) in [5.41, 5.74) is 3.35. The second-order valence-electron chi connectivity index (χ2n) is 5.08. The van der Waals surface area contributed by atoms with Crippen LogP contribution in [0.5, 0.6) is 0 Å². The molecule has 108 valence electrons. The third kappa shape index (κ3) is 3.17. The molecular formula is C13H20N6O. The standard InChI is InChI=1S/C13H20N6O/c14-18-11-8-19-6-5-16-13(19)12(17-11)15-4-1-7-20-9-10-2-3-10/h5-6,8,10,18H,1-4,7,9,14H2,(H,15,17). The van der Waals surface area contributed by atoms with Crippen molar-refractivity contribution >= 4 is 17.3 Å². The molecule has 2 aromatic rings. The Morgan fingerprint density at radius 2 is 2.35 bits per heavy atom. The third-order valence-corrected chi connectivity index (χ3v) is 3.33. The van der Waals surface area contributed by atoms with Gasteiger partial charge in [0, 0.05) is 32.2 Å². The largest absolute Gasteiger partial charge is 0.381 e. The van der Waals surface area contributed by atoms with Crippen molar-refractivity contribution in [2.24, 2.45) is 11.8 Å². The number of fused-ring (bicyclic) bond motifs is 1. The number of nitrogens with one attached hydrogen (secondary N) is 2. The summed E-state index contributed by atoms with van der Waals surface area (Å²) in [7, 11) is 0. The van der Waals surface area contributed by atoms with Crippen LogP contribution in [0.15, 0.2) is 18.6 Å². The first kappa shape index (κ1) is 13.1. The number of anilines is 2. The Kier molecular flexibility index (Phi) is 3.98. The molecule has 1 aliphatic rings. The van der Waals surface area contributed by atoms with E-state index in [-0.39, 0.29) is 0 Å². The fourth-order valence-electron chi connectivity index (χ4n) is 2.04. The minimum atomic E-state index is 0.600. The molecule has 0 radical (unpaired) electrons. The lowest BCUT2D eigenvalue weighted by molar-refractivity contribution is 0.124. The second kappa shape index (κ2) is 6.06. The lowest BCUT2D eigenvalue weighted by atomic mass is 10.4. The number of hydrogen-bond acceptors (Lipinski definition) is 6. The molecule has 7 heteroatoms. The molecule has 7 nitrogen and oxygen atoms in total. The molecule has 20 heavy (non-hydrogen) atoms. The topological polar surface area (TPSA) is 89.5 Å². The highest BCUT2D eigenvalue weighted by Gasteiger charge is 2.20. The first-order valence-electron chi connectivity index (χ1n) is 6.99. The van der Waals surface area contributed by atoms with Gasteiger partial charge in [0.1, 0.15) is 0 Å². The number of ether oxygens (including phenoxy) is 1. The first-order valence-corrected chi connectivity index (χ1v) is 6.99. The number of hydrogen-bond donors (Lipinski definition) is 3. The maximum absolute atomic E-state index is 5.60. The zero-order valence-electron chi connectivity index (χ0n) is 11.4. The van der Waals surface area contributed by atoms with Crippen molar-refractivity contribution in [1.29, 1.82) is 0 Å². The van der Waals surface area contributed by atoms with E-state index in [9.17, 15) is 0 Å². The molecule has 0 bridgehead atoms. The van der Waals surface area contributed by atoms with Crippen LogP contribution in [0.25, 0.3) is 5.65 Å². The van der Waals surface area contributed by atoms with E-state index in [4.69, 9.17) is 10.6 Å². The maximum Gasteiger partial charge on any atom is 0.180 e. The Morgan fingerprint density at radius 1 is 1.45 bits per heavy atom. The van der Waals surface area contributed by atoms with Crippen molar-refractivity contribution < 1.29 is 4.74 Å². The SMILES string of the molecule is NNc1cn2ccnc2c(NCCCOCC2CC2)n1. The summed E-state index contributed by atoms with van der Waals surface area (Å²) in [5.74, 6) is 7.56. The van der Waals surface area contributed by atoms with Crippen LogP contribution in [-0.2, 0) is 4.74 Å². The Hall–Kier alpha value is -1.86. The van der Waals surface area contributed by atoms with Crippen LogP contribution in [0.4, 0.5) is 11.6 Å². The molecule has 4 N–H and O–H groups in total. The predicted molar refractivity (Wildman–Crippen MR) is 77.4 cm³/mol. The van der Waals surface area contributed by atoms with Gasteiger partial charge in [-0.3, -0.25) is 0 Å². The van der Waals surface area contributed by atoms with Crippen LogP contribution < -0.4 is 16.6 Å². The van der Waals surface area contributed by atoms with E-state index in [1.165, 1.54) is 12.8 Å². The summed E-state index contributed by atoms with van der Waals surface area (Å²) < 4.78 is 7.48. The fraction of sp³-hybridized carbons (Fsp3) is 0.538. The summed E-state index contributed by atoms with van der Waals surface area (Å²) in [6.45, 7) is 2.49. The summed E-state index contributed by atoms with van der Waals surface area (Å²) in [6, 6.07) is 0. The molecule has 2 aromatic heterocycles. The van der Waals surface area contributed by atoms with Crippen LogP contribution in [0, 0.1) is 5.92 Å². The fourth-order valence-corrected chi connectivity index (χ4v) is 2.04. The van der Waals surface area contributed by atoms with Gasteiger partial charge in [0.25, 0.3) is 0 Å². The molecule has 3 rings (SSSR count). The molecule has 1 fully saturated rings. The molecule has 0 atom stereocenters.